The van der Waals surface area contributed by atoms with E-state index >= 15 is 0 Å². The third kappa shape index (κ3) is 1.76. The molecule has 4 aromatic rings. The Labute approximate surface area is 132 Å². The molecule has 4 rings (SSSR count). The number of nitrogens with two attached hydrogens (primary N) is 2. The van der Waals surface area contributed by atoms with E-state index < -0.39 is 0 Å². The third-order valence-corrected chi connectivity index (χ3v) is 4.39. The number of nitrogens with zero attached hydrogens (tertiary/aromatic N) is 1. The summed E-state index contributed by atoms with van der Waals surface area (Å²) < 4.78 is 2.16. The Morgan fingerprint density at radius 1 is 0.727 bits per heavy atom. The predicted octanol–water partition coefficient (Wildman–Crippen LogP) is 4.60. The molecule has 0 saturated heterocycles. The van der Waals surface area contributed by atoms with Crippen molar-refractivity contribution in [1.82, 2.24) is 4.57 Å². The lowest BCUT2D eigenvalue weighted by Crippen LogP contribution is -1.99. The second kappa shape index (κ2) is 4.68. The van der Waals surface area contributed by atoms with Crippen LogP contribution in [0.3, 0.4) is 0 Å². The minimum atomic E-state index is 0.407. The SMILES string of the molecule is Nc1cc(-n2c3ccccc3c3ccccc32)cc(N)c1Cl. The van der Waals surface area contributed by atoms with Crippen LogP contribution < -0.4 is 11.5 Å². The monoisotopic (exact) mass is 307 g/mol. The van der Waals surface area contributed by atoms with Crippen molar-refractivity contribution in [3.8, 4) is 5.69 Å². The Hall–Kier alpha value is -2.65. The zero-order valence-corrected chi connectivity index (χ0v) is 12.5. The number of rotatable bonds is 1. The zero-order valence-electron chi connectivity index (χ0n) is 11.8. The molecule has 4 heteroatoms. The number of fused-ring (bicyclic) bond motifs is 3. The van der Waals surface area contributed by atoms with E-state index in [1.54, 1.807) is 0 Å². The third-order valence-electron chi connectivity index (χ3n) is 3.95. The van der Waals surface area contributed by atoms with Gasteiger partial charge in [-0.3, -0.25) is 0 Å². The standard InChI is InChI=1S/C18H14ClN3/c19-18-14(20)9-11(10-15(18)21)22-16-7-3-1-5-12(16)13-6-2-4-8-17(13)22/h1-10H,20-21H2. The van der Waals surface area contributed by atoms with Crippen molar-refractivity contribution in [3.05, 3.63) is 65.7 Å². The van der Waals surface area contributed by atoms with Gasteiger partial charge in [-0.2, -0.15) is 0 Å². The maximum Gasteiger partial charge on any atom is 0.0866 e. The Morgan fingerprint density at radius 3 is 1.68 bits per heavy atom. The van der Waals surface area contributed by atoms with Crippen molar-refractivity contribution in [2.24, 2.45) is 0 Å². The Morgan fingerprint density at radius 2 is 1.18 bits per heavy atom. The quantitative estimate of drug-likeness (QED) is 0.505. The summed E-state index contributed by atoms with van der Waals surface area (Å²) in [5.41, 5.74) is 16.1. The van der Waals surface area contributed by atoms with E-state index in [1.165, 1.54) is 10.8 Å². The summed E-state index contributed by atoms with van der Waals surface area (Å²) in [5.74, 6) is 0. The van der Waals surface area contributed by atoms with Crippen LogP contribution in [-0.4, -0.2) is 4.57 Å². The summed E-state index contributed by atoms with van der Waals surface area (Å²) >= 11 is 6.09. The van der Waals surface area contributed by atoms with E-state index in [4.69, 9.17) is 23.1 Å². The van der Waals surface area contributed by atoms with Gasteiger partial charge in [-0.15, -0.1) is 0 Å². The first-order valence-electron chi connectivity index (χ1n) is 7.00. The molecule has 108 valence electrons. The van der Waals surface area contributed by atoms with Crippen LogP contribution >= 0.6 is 11.6 Å². The second-order valence-corrected chi connectivity index (χ2v) is 5.69. The molecule has 1 aromatic heterocycles. The van der Waals surface area contributed by atoms with Gasteiger partial charge in [-0.1, -0.05) is 48.0 Å². The molecule has 0 saturated carbocycles. The number of para-hydroxylation sites is 2. The van der Waals surface area contributed by atoms with Crippen LogP contribution in [0.5, 0.6) is 0 Å². The van der Waals surface area contributed by atoms with Gasteiger partial charge in [-0.05, 0) is 24.3 Å². The van der Waals surface area contributed by atoms with Gasteiger partial charge >= 0.3 is 0 Å². The van der Waals surface area contributed by atoms with Gasteiger partial charge in [0.05, 0.1) is 33.1 Å². The van der Waals surface area contributed by atoms with Crippen LogP contribution in [0.1, 0.15) is 0 Å². The van der Waals surface area contributed by atoms with Gasteiger partial charge in [0.25, 0.3) is 0 Å². The molecule has 0 fully saturated rings. The van der Waals surface area contributed by atoms with Gasteiger partial charge in [-0.25, -0.2) is 0 Å². The van der Waals surface area contributed by atoms with Crippen LogP contribution in [-0.2, 0) is 0 Å². The summed E-state index contributed by atoms with van der Waals surface area (Å²) in [6.45, 7) is 0. The van der Waals surface area contributed by atoms with Gasteiger partial charge in [0.1, 0.15) is 0 Å². The molecule has 0 aliphatic carbocycles. The van der Waals surface area contributed by atoms with Crippen molar-refractivity contribution in [1.29, 1.82) is 0 Å². The van der Waals surface area contributed by atoms with Crippen molar-refractivity contribution >= 4 is 44.8 Å². The minimum Gasteiger partial charge on any atom is -0.397 e. The number of halogens is 1. The van der Waals surface area contributed by atoms with Gasteiger partial charge in [0.15, 0.2) is 0 Å². The summed E-state index contributed by atoms with van der Waals surface area (Å²) in [6, 6.07) is 20.3. The molecule has 3 nitrogen and oxygen atoms in total. The largest absolute Gasteiger partial charge is 0.397 e. The fourth-order valence-electron chi connectivity index (χ4n) is 2.98. The van der Waals surface area contributed by atoms with Gasteiger partial charge in [0.2, 0.25) is 0 Å². The van der Waals surface area contributed by atoms with Crippen molar-refractivity contribution in [2.75, 3.05) is 11.5 Å². The lowest BCUT2D eigenvalue weighted by atomic mass is 10.2. The predicted molar refractivity (Wildman–Crippen MR) is 94.6 cm³/mol. The van der Waals surface area contributed by atoms with E-state index in [1.807, 2.05) is 36.4 Å². The first-order valence-corrected chi connectivity index (χ1v) is 7.37. The maximum absolute atomic E-state index is 6.09. The van der Waals surface area contributed by atoms with E-state index in [9.17, 15) is 0 Å². The summed E-state index contributed by atoms with van der Waals surface area (Å²) in [4.78, 5) is 0. The van der Waals surface area contributed by atoms with E-state index in [0.29, 0.717) is 16.4 Å². The van der Waals surface area contributed by atoms with Crippen LogP contribution in [0.4, 0.5) is 11.4 Å². The zero-order chi connectivity index (χ0) is 15.3. The molecule has 0 unspecified atom stereocenters. The smallest absolute Gasteiger partial charge is 0.0866 e. The minimum absolute atomic E-state index is 0.407. The average molecular weight is 308 g/mol. The maximum atomic E-state index is 6.09. The first kappa shape index (κ1) is 13.0. The number of hydrogen-bond donors (Lipinski definition) is 2. The van der Waals surface area contributed by atoms with E-state index in [2.05, 4.69) is 28.8 Å². The molecular weight excluding hydrogens is 294 g/mol. The molecule has 0 radical (unpaired) electrons. The highest BCUT2D eigenvalue weighted by Gasteiger charge is 2.13. The molecule has 0 aliphatic heterocycles. The second-order valence-electron chi connectivity index (χ2n) is 5.31. The molecule has 4 N–H and O–H groups in total. The molecular formula is C18H14ClN3. The Bertz CT molecular complexity index is 941. The molecule has 0 spiro atoms. The summed E-state index contributed by atoms with van der Waals surface area (Å²) in [5, 5.41) is 2.81. The van der Waals surface area contributed by atoms with Crippen molar-refractivity contribution < 1.29 is 0 Å². The lowest BCUT2D eigenvalue weighted by Gasteiger charge is -2.11. The van der Waals surface area contributed by atoms with Crippen LogP contribution in [0.15, 0.2) is 60.7 Å². The molecule has 0 bridgehead atoms. The average Bonchev–Trinajstić information content (AvgIpc) is 2.87. The number of benzene rings is 3. The summed E-state index contributed by atoms with van der Waals surface area (Å²) in [6.07, 6.45) is 0. The first-order chi connectivity index (χ1) is 10.7. The number of nitrogen functional groups attached to an aromatic ring is 2. The van der Waals surface area contributed by atoms with Crippen molar-refractivity contribution in [2.45, 2.75) is 0 Å². The van der Waals surface area contributed by atoms with Crippen LogP contribution in [0, 0.1) is 0 Å². The molecule has 1 heterocycles. The number of hydrogen-bond acceptors (Lipinski definition) is 2. The number of aromatic nitrogens is 1. The lowest BCUT2D eigenvalue weighted by molar-refractivity contribution is 1.18. The van der Waals surface area contributed by atoms with Gasteiger partial charge < -0.3 is 16.0 Å². The van der Waals surface area contributed by atoms with Crippen molar-refractivity contribution in [3.63, 3.8) is 0 Å². The topological polar surface area (TPSA) is 57.0 Å². The summed E-state index contributed by atoms with van der Waals surface area (Å²) in [7, 11) is 0. The molecule has 22 heavy (non-hydrogen) atoms. The molecule has 3 aromatic carbocycles. The highest BCUT2D eigenvalue weighted by Crippen LogP contribution is 2.35. The number of anilines is 2. The molecule has 0 amide bonds. The van der Waals surface area contributed by atoms with Crippen LogP contribution in [0.2, 0.25) is 5.02 Å². The highest BCUT2D eigenvalue weighted by molar-refractivity contribution is 6.35. The molecule has 0 atom stereocenters. The van der Waals surface area contributed by atoms with Crippen LogP contribution in [0.25, 0.3) is 27.5 Å². The Balaban J connectivity index is 2.17. The normalized spacial score (nSPS) is 11.3. The fourth-order valence-corrected chi connectivity index (χ4v) is 3.09. The van der Waals surface area contributed by atoms with Gasteiger partial charge in [0, 0.05) is 10.8 Å². The fraction of sp³-hybridized carbons (Fsp3) is 0. The molecule has 0 aliphatic rings. The van der Waals surface area contributed by atoms with E-state index in [-0.39, 0.29) is 0 Å². The Kier molecular flexibility index (Phi) is 2.78. The van der Waals surface area contributed by atoms with E-state index in [0.717, 1.165) is 16.7 Å². The highest BCUT2D eigenvalue weighted by atomic mass is 35.5.